The molecule has 5 atom stereocenters. The van der Waals surface area contributed by atoms with Gasteiger partial charge < -0.3 is 30.2 Å². The number of methoxy groups -OCH3 is 1. The number of hydrogen-bond acceptors (Lipinski definition) is 9. The minimum atomic E-state index is -0.534. The van der Waals surface area contributed by atoms with Crippen LogP contribution in [0.4, 0.5) is 5.82 Å². The van der Waals surface area contributed by atoms with Crippen LogP contribution in [0.3, 0.4) is 0 Å². The predicted molar refractivity (Wildman–Crippen MR) is 162 cm³/mol. The number of ether oxygens (including phenoxy) is 3. The van der Waals surface area contributed by atoms with Gasteiger partial charge in [-0.15, -0.1) is 0 Å². The van der Waals surface area contributed by atoms with Crippen molar-refractivity contribution in [1.82, 2.24) is 4.98 Å². The van der Waals surface area contributed by atoms with Gasteiger partial charge in [-0.25, -0.2) is 4.98 Å². The molecule has 4 N–H and O–H groups in total. The van der Waals surface area contributed by atoms with Gasteiger partial charge in [0.2, 0.25) is 0 Å². The van der Waals surface area contributed by atoms with E-state index in [1.807, 2.05) is 6.07 Å². The molecule has 42 heavy (non-hydrogen) atoms. The maximum absolute atomic E-state index is 12.3. The summed E-state index contributed by atoms with van der Waals surface area (Å²) in [7, 11) is 1.49. The number of pyridine rings is 1. The Hall–Kier alpha value is -3.33. The fourth-order valence-electron chi connectivity index (χ4n) is 6.39. The van der Waals surface area contributed by atoms with E-state index in [0.717, 1.165) is 48.8 Å². The van der Waals surface area contributed by atoms with Crippen molar-refractivity contribution < 1.29 is 34.0 Å². The number of nitrogens with two attached hydrogens (primary N) is 1. The number of phenols is 1. The van der Waals surface area contributed by atoms with Gasteiger partial charge in [0, 0.05) is 26.5 Å². The van der Waals surface area contributed by atoms with E-state index < -0.39 is 24.3 Å². The first-order valence-electron chi connectivity index (χ1n) is 15.1. The van der Waals surface area contributed by atoms with Crippen LogP contribution in [0, 0.1) is 17.8 Å². The summed E-state index contributed by atoms with van der Waals surface area (Å²) in [5.74, 6) is 0.861. The quantitative estimate of drug-likeness (QED) is 0.263. The third-order valence-corrected chi connectivity index (χ3v) is 8.07. The average molecular weight is 585 g/mol. The molecule has 0 radical (unpaired) electrons. The Bertz CT molecular complexity index is 1180. The Balaban J connectivity index is 1.89. The lowest BCUT2D eigenvalue weighted by atomic mass is 9.76. The van der Waals surface area contributed by atoms with Gasteiger partial charge in [0.1, 0.15) is 18.0 Å². The van der Waals surface area contributed by atoms with E-state index in [9.17, 15) is 19.8 Å². The Morgan fingerprint density at radius 3 is 2.48 bits per heavy atom. The molecular weight excluding hydrogens is 536 g/mol. The Morgan fingerprint density at radius 2 is 1.83 bits per heavy atom. The number of aromatic hydroxyl groups is 1. The zero-order valence-electron chi connectivity index (χ0n) is 25.7. The first-order valence-corrected chi connectivity index (χ1v) is 15.1. The maximum Gasteiger partial charge on any atom is 0.302 e. The first kappa shape index (κ1) is 33.2. The molecule has 2 aromatic rings. The average Bonchev–Trinajstić information content (AvgIpc) is 2.89. The number of aliphatic hydroxyl groups is 1. The molecule has 232 valence electrons. The van der Waals surface area contributed by atoms with E-state index in [4.69, 9.17) is 19.9 Å². The molecule has 0 spiro atoms. The molecule has 3 rings (SSSR count). The summed E-state index contributed by atoms with van der Waals surface area (Å²) in [6.07, 6.45) is 6.62. The van der Waals surface area contributed by atoms with Crippen molar-refractivity contribution in [2.75, 3.05) is 12.8 Å². The minimum Gasteiger partial charge on any atom is -0.504 e. The third-order valence-electron chi connectivity index (χ3n) is 8.07. The highest BCUT2D eigenvalue weighted by Gasteiger charge is 2.34. The van der Waals surface area contributed by atoms with Crippen LogP contribution in [0.5, 0.6) is 11.5 Å². The van der Waals surface area contributed by atoms with Gasteiger partial charge in [0.05, 0.1) is 13.2 Å². The number of nitrogen functional groups attached to an aromatic ring is 1. The van der Waals surface area contributed by atoms with E-state index in [-0.39, 0.29) is 17.6 Å². The van der Waals surface area contributed by atoms with Crippen LogP contribution >= 0.6 is 0 Å². The van der Waals surface area contributed by atoms with Gasteiger partial charge >= 0.3 is 11.9 Å². The van der Waals surface area contributed by atoms with Gasteiger partial charge in [0.15, 0.2) is 11.5 Å². The highest BCUT2D eigenvalue weighted by molar-refractivity contribution is 5.72. The Morgan fingerprint density at radius 1 is 1.10 bits per heavy atom. The van der Waals surface area contributed by atoms with Crippen LogP contribution in [0.15, 0.2) is 30.5 Å². The number of carbonyl (C=O) groups is 2. The van der Waals surface area contributed by atoms with Crippen LogP contribution in [-0.4, -0.2) is 52.6 Å². The van der Waals surface area contributed by atoms with Gasteiger partial charge in [-0.05, 0) is 97.2 Å². The van der Waals surface area contributed by atoms with E-state index in [1.165, 1.54) is 21.0 Å². The number of phenolic OH excluding ortho intramolecular Hbond substituents is 1. The number of nitrogens with zero attached hydrogens (tertiary/aromatic N) is 1. The van der Waals surface area contributed by atoms with Gasteiger partial charge in [-0.2, -0.15) is 0 Å². The zero-order chi connectivity index (χ0) is 30.8. The second-order valence-corrected chi connectivity index (χ2v) is 12.1. The van der Waals surface area contributed by atoms with Crippen LogP contribution in [0.25, 0.3) is 11.1 Å². The molecule has 9 heteroatoms. The smallest absolute Gasteiger partial charge is 0.302 e. The molecule has 9 nitrogen and oxygen atoms in total. The number of benzene rings is 1. The molecule has 0 saturated heterocycles. The van der Waals surface area contributed by atoms with Crippen LogP contribution < -0.4 is 10.5 Å². The summed E-state index contributed by atoms with van der Waals surface area (Å²) < 4.78 is 17.1. The summed E-state index contributed by atoms with van der Waals surface area (Å²) in [5, 5.41) is 21.2. The number of rotatable bonds is 12. The Labute approximate surface area is 249 Å². The van der Waals surface area contributed by atoms with Crippen LogP contribution in [0.1, 0.15) is 84.6 Å². The monoisotopic (exact) mass is 584 g/mol. The SMILES string of the molecule is COc1cc(CCC(CC(OC(C)=O)C2CC(O)CCCC(CC(C)C)C2)OC(C)=O)c(-c2ccnc(N)c2)cc1O. The normalized spacial score (nSPS) is 20.7. The van der Waals surface area contributed by atoms with E-state index in [2.05, 4.69) is 18.8 Å². The zero-order valence-corrected chi connectivity index (χ0v) is 25.7. The largest absolute Gasteiger partial charge is 0.504 e. The van der Waals surface area contributed by atoms with Gasteiger partial charge in [-0.1, -0.05) is 26.7 Å². The summed E-state index contributed by atoms with van der Waals surface area (Å²) in [4.78, 5) is 28.5. The molecular formula is C33H48N2O7. The molecule has 0 amide bonds. The number of esters is 2. The summed E-state index contributed by atoms with van der Waals surface area (Å²) in [6.45, 7) is 7.21. The second-order valence-electron chi connectivity index (χ2n) is 12.1. The topological polar surface area (TPSA) is 141 Å². The first-order chi connectivity index (χ1) is 19.9. The molecule has 1 aromatic heterocycles. The standard InChI is InChI=1S/C33H48N2O7/c1-20(2)13-23-7-6-8-27(38)15-26(14-23)31(42-22(4)37)18-28(41-21(3)36)10-9-24-16-32(40-5)30(39)19-29(24)25-11-12-35-33(34)17-25/h11-12,16-17,19-20,23,26-28,31,38-39H,6-10,13-15,18H2,1-5H3,(H2,34,35). The molecule has 1 heterocycles. The van der Waals surface area contributed by atoms with Crippen molar-refractivity contribution in [2.24, 2.45) is 17.8 Å². The van der Waals surface area contributed by atoms with Crippen LogP contribution in [0.2, 0.25) is 0 Å². The fourth-order valence-corrected chi connectivity index (χ4v) is 6.39. The van der Waals surface area contributed by atoms with E-state index in [0.29, 0.717) is 49.1 Å². The highest BCUT2D eigenvalue weighted by Crippen LogP contribution is 2.38. The second kappa shape index (κ2) is 15.8. The van der Waals surface area contributed by atoms with Crippen molar-refractivity contribution in [3.8, 4) is 22.6 Å². The maximum atomic E-state index is 12.3. The van der Waals surface area contributed by atoms with E-state index in [1.54, 1.807) is 24.4 Å². The number of aryl methyl sites for hydroxylation is 1. The van der Waals surface area contributed by atoms with Gasteiger partial charge in [0.25, 0.3) is 0 Å². The van der Waals surface area contributed by atoms with E-state index >= 15 is 0 Å². The van der Waals surface area contributed by atoms with Crippen molar-refractivity contribution in [2.45, 2.75) is 104 Å². The van der Waals surface area contributed by atoms with Crippen molar-refractivity contribution >= 4 is 17.8 Å². The number of hydrogen-bond donors (Lipinski definition) is 3. The van der Waals surface area contributed by atoms with Crippen molar-refractivity contribution in [1.29, 1.82) is 0 Å². The van der Waals surface area contributed by atoms with Crippen molar-refractivity contribution in [3.05, 3.63) is 36.0 Å². The van der Waals surface area contributed by atoms with Gasteiger partial charge in [-0.3, -0.25) is 9.59 Å². The molecule has 1 aliphatic rings. The third kappa shape index (κ3) is 10.2. The summed E-state index contributed by atoms with van der Waals surface area (Å²) >= 11 is 0. The summed E-state index contributed by atoms with van der Waals surface area (Å²) in [6, 6.07) is 6.96. The lowest BCUT2D eigenvalue weighted by Gasteiger charge is -2.35. The number of aromatic nitrogens is 1. The lowest BCUT2D eigenvalue weighted by Crippen LogP contribution is -2.36. The summed E-state index contributed by atoms with van der Waals surface area (Å²) in [5.41, 5.74) is 8.36. The molecule has 0 bridgehead atoms. The number of carbonyl (C=O) groups excluding carboxylic acids is 2. The molecule has 5 unspecified atom stereocenters. The Kier molecular flexibility index (Phi) is 12.5. The number of aliphatic hydroxyl groups excluding tert-OH is 1. The predicted octanol–water partition coefficient (Wildman–Crippen LogP) is 5.83. The fraction of sp³-hybridized carbons (Fsp3) is 0.606. The molecule has 1 fully saturated rings. The molecule has 1 aromatic carbocycles. The highest BCUT2D eigenvalue weighted by atomic mass is 16.6. The number of anilines is 1. The van der Waals surface area contributed by atoms with Crippen LogP contribution in [-0.2, 0) is 25.5 Å². The lowest BCUT2D eigenvalue weighted by molar-refractivity contribution is -0.157. The minimum absolute atomic E-state index is 0.00289. The van der Waals surface area contributed by atoms with Crippen molar-refractivity contribution in [3.63, 3.8) is 0 Å². The molecule has 0 aliphatic heterocycles. The molecule has 1 aliphatic carbocycles. The molecule has 1 saturated carbocycles.